The maximum Gasteiger partial charge on any atom is 0.283 e. The lowest BCUT2D eigenvalue weighted by molar-refractivity contribution is 0.0541. The smallest absolute Gasteiger partial charge is 0.283 e. The van der Waals surface area contributed by atoms with Crippen LogP contribution in [-0.2, 0) is 34.3 Å². The lowest BCUT2D eigenvalue weighted by Gasteiger charge is -2.40. The van der Waals surface area contributed by atoms with E-state index in [-0.39, 0.29) is 36.5 Å². The van der Waals surface area contributed by atoms with Gasteiger partial charge in [-0.1, -0.05) is 23.7 Å². The number of rotatable bonds is 6. The third-order valence-corrected chi connectivity index (χ3v) is 10.0. The van der Waals surface area contributed by atoms with Gasteiger partial charge >= 0.3 is 0 Å². The monoisotopic (exact) mass is 573 g/mol. The molecular weight excluding hydrogens is 550 g/mol. The Labute approximate surface area is 228 Å². The molecule has 6 rings (SSSR count). The average molecular weight is 574 g/mol. The molecule has 11 nitrogen and oxygen atoms in total. The summed E-state index contributed by atoms with van der Waals surface area (Å²) in [5.74, 6) is -0.189. The second-order valence-electron chi connectivity index (χ2n) is 9.22. The molecule has 1 unspecified atom stereocenters. The van der Waals surface area contributed by atoms with Gasteiger partial charge in [0.2, 0.25) is 10.0 Å². The number of nitrogens with zero attached hydrogens (tertiary/aromatic N) is 7. The van der Waals surface area contributed by atoms with Gasteiger partial charge in [-0.25, -0.2) is 18.1 Å². The summed E-state index contributed by atoms with van der Waals surface area (Å²) < 4.78 is 35.9. The number of fused-ring (bicyclic) bond motifs is 2. The fraction of sp³-hybridized carbons (Fsp3) is 0.375. The number of ether oxygens (including phenoxy) is 1. The molecule has 0 aliphatic carbocycles. The Morgan fingerprint density at radius 3 is 2.82 bits per heavy atom. The molecule has 38 heavy (non-hydrogen) atoms. The first-order valence-corrected chi connectivity index (χ1v) is 14.8. The number of hydrogen-bond donors (Lipinski definition) is 0. The first-order chi connectivity index (χ1) is 18.4. The van der Waals surface area contributed by atoms with Crippen LogP contribution in [0.3, 0.4) is 0 Å². The van der Waals surface area contributed by atoms with Crippen molar-refractivity contribution < 1.29 is 17.9 Å². The number of tetrazole rings is 1. The van der Waals surface area contributed by atoms with E-state index in [2.05, 4.69) is 20.5 Å². The SMILES string of the molecule is O=C(c1nc2c(s1)COCC2)N1CCN(S(=O)(=O)c2ccc3cc(Cl)ccc3c2)CC1CCn1cnnn1. The second kappa shape index (κ2) is 10.3. The third kappa shape index (κ3) is 4.92. The average Bonchev–Trinajstić information content (AvgIpc) is 3.61. The molecule has 1 atom stereocenters. The molecule has 0 N–H and O–H groups in total. The van der Waals surface area contributed by atoms with Crippen molar-refractivity contribution in [2.24, 2.45) is 0 Å². The number of hydrogen-bond acceptors (Lipinski definition) is 9. The number of piperazine rings is 1. The van der Waals surface area contributed by atoms with Gasteiger partial charge in [0.25, 0.3) is 5.91 Å². The Balaban J connectivity index is 1.26. The quantitative estimate of drug-likeness (QED) is 0.345. The van der Waals surface area contributed by atoms with E-state index in [0.717, 1.165) is 21.3 Å². The van der Waals surface area contributed by atoms with Crippen molar-refractivity contribution in [3.8, 4) is 0 Å². The van der Waals surface area contributed by atoms with Crippen LogP contribution in [0.15, 0.2) is 47.6 Å². The van der Waals surface area contributed by atoms with Crippen molar-refractivity contribution in [3.05, 3.63) is 63.3 Å². The molecular formula is C24H24ClN7O4S2. The number of aryl methyl sites for hydroxylation is 1. The minimum absolute atomic E-state index is 0.156. The lowest BCUT2D eigenvalue weighted by Crippen LogP contribution is -2.56. The Kier molecular flexibility index (Phi) is 6.86. The highest BCUT2D eigenvalue weighted by Gasteiger charge is 2.38. The van der Waals surface area contributed by atoms with E-state index in [0.29, 0.717) is 42.6 Å². The van der Waals surface area contributed by atoms with E-state index >= 15 is 0 Å². The van der Waals surface area contributed by atoms with Crippen molar-refractivity contribution in [1.82, 2.24) is 34.4 Å². The number of carbonyl (C=O) groups is 1. The largest absolute Gasteiger partial charge is 0.375 e. The minimum Gasteiger partial charge on any atom is -0.375 e. The molecule has 4 heterocycles. The number of thiazole rings is 1. The third-order valence-electron chi connectivity index (χ3n) is 6.88. The fourth-order valence-electron chi connectivity index (χ4n) is 4.87. The number of amides is 1. The summed E-state index contributed by atoms with van der Waals surface area (Å²) in [5.41, 5.74) is 0.911. The number of sulfonamides is 1. The summed E-state index contributed by atoms with van der Waals surface area (Å²) in [6.45, 7) is 2.09. The summed E-state index contributed by atoms with van der Waals surface area (Å²) in [6.07, 6.45) is 2.67. The van der Waals surface area contributed by atoms with Crippen molar-refractivity contribution in [3.63, 3.8) is 0 Å². The highest BCUT2D eigenvalue weighted by atomic mass is 35.5. The van der Waals surface area contributed by atoms with Gasteiger partial charge in [-0.05, 0) is 51.9 Å². The zero-order chi connectivity index (χ0) is 26.3. The highest BCUT2D eigenvalue weighted by molar-refractivity contribution is 7.89. The molecule has 0 radical (unpaired) electrons. The Bertz CT molecular complexity index is 1570. The van der Waals surface area contributed by atoms with Gasteiger partial charge < -0.3 is 9.64 Å². The molecule has 2 aliphatic heterocycles. The minimum atomic E-state index is -3.80. The summed E-state index contributed by atoms with van der Waals surface area (Å²) in [4.78, 5) is 21.1. The van der Waals surface area contributed by atoms with Crippen LogP contribution in [-0.4, -0.2) is 81.0 Å². The lowest BCUT2D eigenvalue weighted by atomic mass is 10.1. The van der Waals surface area contributed by atoms with E-state index in [1.807, 2.05) is 0 Å². The zero-order valence-corrected chi connectivity index (χ0v) is 22.6. The topological polar surface area (TPSA) is 123 Å². The maximum atomic E-state index is 13.7. The summed E-state index contributed by atoms with van der Waals surface area (Å²) >= 11 is 7.44. The van der Waals surface area contributed by atoms with E-state index in [9.17, 15) is 13.2 Å². The Hall–Kier alpha value is -2.97. The second-order valence-corrected chi connectivity index (χ2v) is 12.7. The molecule has 2 aliphatic rings. The van der Waals surface area contributed by atoms with Gasteiger partial charge in [-0.2, -0.15) is 4.31 Å². The number of aromatic nitrogens is 5. The van der Waals surface area contributed by atoms with Crippen molar-refractivity contribution in [2.75, 3.05) is 26.2 Å². The van der Waals surface area contributed by atoms with Crippen molar-refractivity contribution >= 4 is 49.6 Å². The van der Waals surface area contributed by atoms with Crippen LogP contribution in [0.4, 0.5) is 0 Å². The summed E-state index contributed by atoms with van der Waals surface area (Å²) in [7, 11) is -3.80. The molecule has 0 saturated carbocycles. The standard InChI is InChI=1S/C24H24ClN7O4S2/c25-18-3-1-17-12-20(4-2-16(17)11-18)38(34,35)31-8-9-32(19(13-31)5-7-30-15-26-28-29-30)24(33)23-27-21-6-10-36-14-22(21)37-23/h1-4,11-12,15,19H,5-10,13-14H2. The summed E-state index contributed by atoms with van der Waals surface area (Å²) in [5, 5.41) is 13.9. The number of benzene rings is 2. The maximum absolute atomic E-state index is 13.7. The normalized spacial score (nSPS) is 18.6. The zero-order valence-electron chi connectivity index (χ0n) is 20.2. The molecule has 0 bridgehead atoms. The van der Waals surface area contributed by atoms with Crippen LogP contribution in [0, 0.1) is 0 Å². The van der Waals surface area contributed by atoms with E-state index in [4.69, 9.17) is 16.3 Å². The first-order valence-electron chi connectivity index (χ1n) is 12.2. The van der Waals surface area contributed by atoms with Crippen molar-refractivity contribution in [1.29, 1.82) is 0 Å². The van der Waals surface area contributed by atoms with Crippen LogP contribution in [0.25, 0.3) is 10.8 Å². The Morgan fingerprint density at radius 1 is 1.16 bits per heavy atom. The molecule has 1 fully saturated rings. The van der Waals surface area contributed by atoms with Crippen molar-refractivity contribution in [2.45, 2.75) is 36.9 Å². The van der Waals surface area contributed by atoms with Crippen LogP contribution >= 0.6 is 22.9 Å². The van der Waals surface area contributed by atoms with Gasteiger partial charge in [0.15, 0.2) is 5.01 Å². The predicted molar refractivity (Wildman–Crippen MR) is 140 cm³/mol. The number of carbonyl (C=O) groups excluding carboxylic acids is 1. The molecule has 1 saturated heterocycles. The van der Waals surface area contributed by atoms with Gasteiger partial charge in [-0.3, -0.25) is 4.79 Å². The Morgan fingerprint density at radius 2 is 2.00 bits per heavy atom. The van der Waals surface area contributed by atoms with Gasteiger partial charge in [-0.15, -0.1) is 16.4 Å². The molecule has 1 amide bonds. The molecule has 14 heteroatoms. The van der Waals surface area contributed by atoms with Gasteiger partial charge in [0, 0.05) is 43.7 Å². The highest BCUT2D eigenvalue weighted by Crippen LogP contribution is 2.29. The first kappa shape index (κ1) is 25.3. The summed E-state index contributed by atoms with van der Waals surface area (Å²) in [6, 6.07) is 9.99. The van der Waals surface area contributed by atoms with E-state index < -0.39 is 10.0 Å². The molecule has 0 spiro atoms. The van der Waals surface area contributed by atoms with E-state index in [1.165, 1.54) is 22.0 Å². The molecule has 2 aromatic heterocycles. The van der Waals surface area contributed by atoms with Crippen LogP contribution in [0.2, 0.25) is 5.02 Å². The van der Waals surface area contributed by atoms with E-state index in [1.54, 1.807) is 46.0 Å². The fourth-order valence-corrected chi connectivity index (χ4v) is 7.55. The molecule has 4 aromatic rings. The van der Waals surface area contributed by atoms with Crippen LogP contribution < -0.4 is 0 Å². The predicted octanol–water partition coefficient (Wildman–Crippen LogP) is 2.61. The number of halogens is 1. The van der Waals surface area contributed by atoms with Crippen LogP contribution in [0.5, 0.6) is 0 Å². The molecule has 2 aromatic carbocycles. The van der Waals surface area contributed by atoms with Crippen LogP contribution in [0.1, 0.15) is 26.8 Å². The van der Waals surface area contributed by atoms with Gasteiger partial charge in [0.05, 0.1) is 28.7 Å². The molecule has 198 valence electrons. The van der Waals surface area contributed by atoms with Gasteiger partial charge in [0.1, 0.15) is 6.33 Å².